The highest BCUT2D eigenvalue weighted by molar-refractivity contribution is 5.80. The molecule has 0 N–H and O–H groups in total. The van der Waals surface area contributed by atoms with Crippen molar-refractivity contribution in [2.45, 2.75) is 13.5 Å². The number of aryl methyl sites for hydroxylation is 1. The average Bonchev–Trinajstić information content (AvgIpc) is 2.50. The van der Waals surface area contributed by atoms with Crippen LogP contribution in [0.1, 0.15) is 11.1 Å². The van der Waals surface area contributed by atoms with Gasteiger partial charge in [0.25, 0.3) is 0 Å². The molecule has 0 aliphatic heterocycles. The third-order valence-corrected chi connectivity index (χ3v) is 3.43. The molecule has 2 aromatic carbocycles. The molecule has 106 valence electrons. The molecule has 21 heavy (non-hydrogen) atoms. The Morgan fingerprint density at radius 2 is 1.95 bits per heavy atom. The monoisotopic (exact) mass is 282 g/mol. The van der Waals surface area contributed by atoms with Gasteiger partial charge in [0.05, 0.1) is 12.5 Å². The first-order valence-corrected chi connectivity index (χ1v) is 6.73. The van der Waals surface area contributed by atoms with Crippen LogP contribution < -0.4 is 15.1 Å². The summed E-state index contributed by atoms with van der Waals surface area (Å²) in [6.45, 7) is 2.38. The minimum Gasteiger partial charge on any atom is -0.497 e. The van der Waals surface area contributed by atoms with Gasteiger partial charge in [0.15, 0.2) is 18.3 Å². The third kappa shape index (κ3) is 2.65. The molecule has 1 heterocycles. The Morgan fingerprint density at radius 1 is 1.19 bits per heavy atom. The van der Waals surface area contributed by atoms with E-state index in [2.05, 4.69) is 0 Å². The Kier molecular flexibility index (Phi) is 3.44. The average molecular weight is 282 g/mol. The van der Waals surface area contributed by atoms with Crippen LogP contribution in [0.3, 0.4) is 0 Å². The molecule has 0 spiro atoms. The first-order valence-electron chi connectivity index (χ1n) is 6.73. The van der Waals surface area contributed by atoms with Crippen molar-refractivity contribution in [3.63, 3.8) is 0 Å². The summed E-state index contributed by atoms with van der Waals surface area (Å²) >= 11 is 0. The van der Waals surface area contributed by atoms with Crippen LogP contribution in [-0.2, 0) is 6.54 Å². The molecular weight excluding hydrogens is 266 g/mol. The zero-order valence-electron chi connectivity index (χ0n) is 12.0. The van der Waals surface area contributed by atoms with Crippen molar-refractivity contribution < 1.29 is 13.7 Å². The standard InChI is InChI=1S/C17H16NO3/c1-12-8-15(20-2)9-14-11-18(17(19)21-16(12)14)10-13-6-4-3-5-7-13/h3-9,11H,10H2,1-2H3/q+1. The van der Waals surface area contributed by atoms with Crippen molar-refractivity contribution in [1.82, 2.24) is 0 Å². The number of hydrogen-bond donors (Lipinski definition) is 0. The lowest BCUT2D eigenvalue weighted by molar-refractivity contribution is -0.712. The molecule has 1 aromatic heterocycles. The second-order valence-electron chi connectivity index (χ2n) is 4.97. The number of hydrogen-bond acceptors (Lipinski definition) is 3. The van der Waals surface area contributed by atoms with E-state index in [1.807, 2.05) is 55.6 Å². The molecule has 3 aromatic rings. The van der Waals surface area contributed by atoms with Gasteiger partial charge in [-0.2, -0.15) is 4.79 Å². The number of benzene rings is 2. The van der Waals surface area contributed by atoms with Gasteiger partial charge in [-0.25, -0.2) is 0 Å². The fourth-order valence-electron chi connectivity index (χ4n) is 2.38. The summed E-state index contributed by atoms with van der Waals surface area (Å²) in [5, 5.41) is 0.849. The Labute approximate surface area is 122 Å². The summed E-state index contributed by atoms with van der Waals surface area (Å²) in [4.78, 5) is 12.1. The first kappa shape index (κ1) is 13.4. The van der Waals surface area contributed by atoms with Gasteiger partial charge in [0.2, 0.25) is 0 Å². The number of rotatable bonds is 3. The SMILES string of the molecule is COc1cc(C)c2oc(=O)[n+](Cc3ccccc3)cc2c1. The number of ether oxygens (including phenoxy) is 1. The molecule has 4 nitrogen and oxygen atoms in total. The molecule has 0 saturated carbocycles. The van der Waals surface area contributed by atoms with E-state index in [1.165, 1.54) is 0 Å². The quantitative estimate of drug-likeness (QED) is 0.693. The maximum absolute atomic E-state index is 12.1. The molecule has 0 unspecified atom stereocenters. The Balaban J connectivity index is 2.11. The van der Waals surface area contributed by atoms with Gasteiger partial charge in [-0.1, -0.05) is 30.3 Å². The number of nitrogens with zero attached hydrogens (tertiary/aromatic N) is 1. The van der Waals surface area contributed by atoms with Crippen molar-refractivity contribution in [2.75, 3.05) is 7.11 Å². The van der Waals surface area contributed by atoms with Crippen molar-refractivity contribution in [1.29, 1.82) is 0 Å². The van der Waals surface area contributed by atoms with Crippen LogP contribution in [0.5, 0.6) is 5.75 Å². The maximum Gasteiger partial charge on any atom is 0.602 e. The van der Waals surface area contributed by atoms with E-state index >= 15 is 0 Å². The Bertz CT molecular complexity index is 838. The normalized spacial score (nSPS) is 10.8. The minimum absolute atomic E-state index is 0.361. The molecule has 0 atom stereocenters. The summed E-state index contributed by atoms with van der Waals surface area (Å²) < 4.78 is 12.3. The summed E-state index contributed by atoms with van der Waals surface area (Å²) in [5.41, 5.74) is 2.53. The molecule has 3 rings (SSSR count). The highest BCUT2D eigenvalue weighted by atomic mass is 16.5. The van der Waals surface area contributed by atoms with Gasteiger partial charge in [-0.3, -0.25) is 0 Å². The van der Waals surface area contributed by atoms with Gasteiger partial charge < -0.3 is 9.15 Å². The van der Waals surface area contributed by atoms with Gasteiger partial charge >= 0.3 is 5.76 Å². The molecule has 0 aliphatic rings. The summed E-state index contributed by atoms with van der Waals surface area (Å²) in [6.07, 6.45) is 1.81. The zero-order chi connectivity index (χ0) is 14.8. The van der Waals surface area contributed by atoms with Gasteiger partial charge in [-0.05, 0) is 24.6 Å². The Morgan fingerprint density at radius 3 is 2.67 bits per heavy atom. The highest BCUT2D eigenvalue weighted by Crippen LogP contribution is 2.22. The van der Waals surface area contributed by atoms with E-state index in [0.29, 0.717) is 12.1 Å². The summed E-state index contributed by atoms with van der Waals surface area (Å²) in [6, 6.07) is 13.5. The summed E-state index contributed by atoms with van der Waals surface area (Å²) in [7, 11) is 1.62. The van der Waals surface area contributed by atoms with Gasteiger partial charge in [-0.15, -0.1) is 4.57 Å². The van der Waals surface area contributed by atoms with E-state index in [9.17, 15) is 4.79 Å². The van der Waals surface area contributed by atoms with E-state index in [0.717, 1.165) is 22.3 Å². The fourth-order valence-corrected chi connectivity index (χ4v) is 2.38. The molecular formula is C17H16NO3+. The second kappa shape index (κ2) is 5.40. The van der Waals surface area contributed by atoms with Crippen molar-refractivity contribution in [3.8, 4) is 5.75 Å². The van der Waals surface area contributed by atoms with Crippen molar-refractivity contribution in [2.24, 2.45) is 0 Å². The lowest BCUT2D eigenvalue weighted by Gasteiger charge is -2.04. The van der Waals surface area contributed by atoms with Gasteiger partial charge in [0.1, 0.15) is 5.75 Å². The fraction of sp³-hybridized carbons (Fsp3) is 0.176. The number of methoxy groups -OCH3 is 1. The van der Waals surface area contributed by atoms with E-state index in [1.54, 1.807) is 11.7 Å². The summed E-state index contributed by atoms with van der Waals surface area (Å²) in [5.74, 6) is 0.389. The molecule has 4 heteroatoms. The van der Waals surface area contributed by atoms with Crippen LogP contribution in [0, 0.1) is 6.92 Å². The smallest absolute Gasteiger partial charge is 0.497 e. The predicted octanol–water partition coefficient (Wildman–Crippen LogP) is 2.45. The number of aromatic nitrogens is 1. The number of fused-ring (bicyclic) bond motifs is 1. The van der Waals surface area contributed by atoms with E-state index in [-0.39, 0.29) is 5.76 Å². The first-order chi connectivity index (χ1) is 10.2. The highest BCUT2D eigenvalue weighted by Gasteiger charge is 2.15. The van der Waals surface area contributed by atoms with Crippen molar-refractivity contribution in [3.05, 3.63) is 70.3 Å². The lowest BCUT2D eigenvalue weighted by atomic mass is 10.1. The second-order valence-corrected chi connectivity index (χ2v) is 4.97. The molecule has 0 saturated heterocycles. The predicted molar refractivity (Wildman–Crippen MR) is 79.5 cm³/mol. The molecule has 0 aliphatic carbocycles. The molecule has 0 fully saturated rings. The van der Waals surface area contributed by atoms with Crippen LogP contribution in [0.4, 0.5) is 0 Å². The van der Waals surface area contributed by atoms with Crippen LogP contribution in [0.15, 0.2) is 57.9 Å². The van der Waals surface area contributed by atoms with Crippen LogP contribution in [-0.4, -0.2) is 7.11 Å². The van der Waals surface area contributed by atoms with E-state index < -0.39 is 0 Å². The minimum atomic E-state index is -0.361. The van der Waals surface area contributed by atoms with Crippen LogP contribution >= 0.6 is 0 Å². The topological polar surface area (TPSA) is 43.3 Å². The molecule has 0 amide bonds. The van der Waals surface area contributed by atoms with E-state index in [4.69, 9.17) is 9.15 Å². The molecule has 0 radical (unpaired) electrons. The largest absolute Gasteiger partial charge is 0.602 e. The van der Waals surface area contributed by atoms with Crippen LogP contribution in [0.25, 0.3) is 11.0 Å². The van der Waals surface area contributed by atoms with Crippen molar-refractivity contribution >= 4 is 11.0 Å². The third-order valence-electron chi connectivity index (χ3n) is 3.43. The zero-order valence-corrected chi connectivity index (χ0v) is 12.0. The Hall–Kier alpha value is -2.62. The molecule has 0 bridgehead atoms. The van der Waals surface area contributed by atoms with Gasteiger partial charge in [0, 0.05) is 5.56 Å². The van der Waals surface area contributed by atoms with Crippen LogP contribution in [0.2, 0.25) is 0 Å². The lowest BCUT2D eigenvalue weighted by Crippen LogP contribution is -2.49. The maximum atomic E-state index is 12.1.